The van der Waals surface area contributed by atoms with Crippen LogP contribution in [0.3, 0.4) is 0 Å². The molecule has 0 N–H and O–H groups in total. The molecule has 4 aromatic rings. The minimum atomic E-state index is -0.455. The highest BCUT2D eigenvalue weighted by molar-refractivity contribution is 5.94. The van der Waals surface area contributed by atoms with Crippen LogP contribution < -0.4 is 10.5 Å². The van der Waals surface area contributed by atoms with Crippen molar-refractivity contribution in [2.24, 2.45) is 0 Å². The van der Waals surface area contributed by atoms with Crippen LogP contribution in [0.4, 0.5) is 11.4 Å². The summed E-state index contributed by atoms with van der Waals surface area (Å²) in [6, 6.07) is 22.3. The van der Waals surface area contributed by atoms with Crippen LogP contribution in [-0.4, -0.2) is 52.8 Å². The zero-order valence-electron chi connectivity index (χ0n) is 19.8. The van der Waals surface area contributed by atoms with E-state index in [1.54, 1.807) is 24.3 Å². The predicted octanol–water partition coefficient (Wildman–Crippen LogP) is 4.49. The van der Waals surface area contributed by atoms with Gasteiger partial charge in [-0.1, -0.05) is 48.5 Å². The Morgan fingerprint density at radius 2 is 1.60 bits per heavy atom. The van der Waals surface area contributed by atoms with Crippen molar-refractivity contribution in [3.05, 3.63) is 93.3 Å². The number of nitro benzene ring substituents is 1. The highest BCUT2D eigenvalue weighted by Gasteiger charge is 2.25. The average molecular weight is 470 g/mol. The summed E-state index contributed by atoms with van der Waals surface area (Å²) in [6.07, 6.45) is 2.01. The second-order valence-electron chi connectivity index (χ2n) is 9.09. The monoisotopic (exact) mass is 469 g/mol. The third-order valence-electron chi connectivity index (χ3n) is 6.80. The molecule has 0 bridgehead atoms. The normalized spacial score (nSPS) is 14.5. The molecule has 0 saturated carbocycles. The third kappa shape index (κ3) is 4.28. The Labute approximate surface area is 203 Å². The summed E-state index contributed by atoms with van der Waals surface area (Å²) in [4.78, 5) is 29.5. The smallest absolute Gasteiger partial charge is 0.295 e. The second-order valence-corrected chi connectivity index (χ2v) is 9.09. The molecule has 3 aromatic carbocycles. The van der Waals surface area contributed by atoms with Crippen molar-refractivity contribution in [1.82, 2.24) is 14.7 Å². The van der Waals surface area contributed by atoms with Crippen LogP contribution >= 0.6 is 0 Å². The summed E-state index contributed by atoms with van der Waals surface area (Å²) < 4.78 is 1.19. The molecular weight excluding hydrogens is 442 g/mol. The molecule has 0 spiro atoms. The van der Waals surface area contributed by atoms with Gasteiger partial charge in [-0.15, -0.1) is 0 Å². The summed E-state index contributed by atoms with van der Waals surface area (Å²) in [5, 5.41) is 17.8. The Morgan fingerprint density at radius 1 is 0.943 bits per heavy atom. The molecule has 1 aromatic heterocycles. The average Bonchev–Trinajstić information content (AvgIpc) is 2.89. The molecule has 0 amide bonds. The van der Waals surface area contributed by atoms with Crippen molar-refractivity contribution in [3.8, 4) is 16.9 Å². The highest BCUT2D eigenvalue weighted by Crippen LogP contribution is 2.31. The fourth-order valence-electron chi connectivity index (χ4n) is 4.84. The minimum Gasteiger partial charge on any atom is -0.371 e. The lowest BCUT2D eigenvalue weighted by molar-refractivity contribution is -0.384. The maximum Gasteiger partial charge on any atom is 0.295 e. The summed E-state index contributed by atoms with van der Waals surface area (Å²) in [5.74, 6) is 0. The molecule has 8 nitrogen and oxygen atoms in total. The molecular formula is C27H27N5O3. The van der Waals surface area contributed by atoms with Gasteiger partial charge in [-0.05, 0) is 45.1 Å². The van der Waals surface area contributed by atoms with E-state index in [4.69, 9.17) is 0 Å². The highest BCUT2D eigenvalue weighted by atomic mass is 16.6. The largest absolute Gasteiger partial charge is 0.371 e. The number of benzene rings is 3. The van der Waals surface area contributed by atoms with Crippen molar-refractivity contribution in [2.75, 3.05) is 32.1 Å². The zero-order chi connectivity index (χ0) is 24.5. The first kappa shape index (κ1) is 22.7. The molecule has 2 heterocycles. The molecule has 0 unspecified atom stereocenters. The van der Waals surface area contributed by atoms with Crippen molar-refractivity contribution in [3.63, 3.8) is 0 Å². The number of nitro groups is 1. The van der Waals surface area contributed by atoms with Crippen LogP contribution in [0.15, 0.2) is 77.6 Å². The quantitative estimate of drug-likeness (QED) is 0.316. The van der Waals surface area contributed by atoms with E-state index in [-0.39, 0.29) is 16.9 Å². The van der Waals surface area contributed by atoms with Gasteiger partial charge >= 0.3 is 0 Å². The fraction of sp³-hybridized carbons (Fsp3) is 0.259. The third-order valence-corrected chi connectivity index (χ3v) is 6.80. The van der Waals surface area contributed by atoms with Gasteiger partial charge in [-0.2, -0.15) is 9.78 Å². The van der Waals surface area contributed by atoms with E-state index >= 15 is 0 Å². The van der Waals surface area contributed by atoms with Crippen molar-refractivity contribution < 1.29 is 4.92 Å². The lowest BCUT2D eigenvalue weighted by Crippen LogP contribution is -2.42. The minimum absolute atomic E-state index is 0.152. The molecule has 0 atom stereocenters. The molecule has 1 aliphatic heterocycles. The number of hydrogen-bond donors (Lipinski definition) is 0. The van der Waals surface area contributed by atoms with E-state index in [9.17, 15) is 14.9 Å². The number of piperidine rings is 1. The number of nitrogens with zero attached hydrogens (tertiary/aromatic N) is 5. The van der Waals surface area contributed by atoms with Gasteiger partial charge in [0.1, 0.15) is 5.69 Å². The summed E-state index contributed by atoms with van der Waals surface area (Å²) in [6.45, 7) is 1.69. The van der Waals surface area contributed by atoms with E-state index in [0.717, 1.165) is 37.2 Å². The van der Waals surface area contributed by atoms with Gasteiger partial charge < -0.3 is 9.80 Å². The number of anilines is 1. The standard InChI is InChI=1S/C27H27N5O3/c1-29(2)20-14-16-30(17-15-20)21-12-13-24(32(34)35)25(18-21)31-27(33)23-11-7-6-10-22(23)26(28-31)19-8-4-3-5-9-19/h3-13,18,20H,14-17H2,1-2H3. The van der Waals surface area contributed by atoms with E-state index in [1.165, 1.54) is 10.7 Å². The molecule has 0 radical (unpaired) electrons. The first-order valence-electron chi connectivity index (χ1n) is 11.7. The molecule has 1 aliphatic rings. The molecule has 5 rings (SSSR count). The van der Waals surface area contributed by atoms with Gasteiger partial charge in [0.05, 0.1) is 16.0 Å². The second kappa shape index (κ2) is 9.31. The van der Waals surface area contributed by atoms with Crippen molar-refractivity contribution in [2.45, 2.75) is 18.9 Å². The number of fused-ring (bicyclic) bond motifs is 1. The number of aromatic nitrogens is 2. The molecule has 1 saturated heterocycles. The zero-order valence-corrected chi connectivity index (χ0v) is 19.8. The van der Waals surface area contributed by atoms with Crippen molar-refractivity contribution in [1.29, 1.82) is 0 Å². The van der Waals surface area contributed by atoms with Crippen molar-refractivity contribution >= 4 is 22.1 Å². The maximum atomic E-state index is 13.6. The Bertz CT molecular complexity index is 1440. The van der Waals surface area contributed by atoms with E-state index < -0.39 is 4.92 Å². The van der Waals surface area contributed by atoms with Crippen LogP contribution in [0, 0.1) is 10.1 Å². The van der Waals surface area contributed by atoms with Crippen LogP contribution in [0.1, 0.15) is 12.8 Å². The summed E-state index contributed by atoms with van der Waals surface area (Å²) in [7, 11) is 4.18. The number of hydrogen-bond acceptors (Lipinski definition) is 6. The summed E-state index contributed by atoms with van der Waals surface area (Å²) >= 11 is 0. The van der Waals surface area contributed by atoms with Crippen LogP contribution in [-0.2, 0) is 0 Å². The molecule has 0 aliphatic carbocycles. The van der Waals surface area contributed by atoms with Gasteiger partial charge in [0.15, 0.2) is 0 Å². The molecule has 1 fully saturated rings. The van der Waals surface area contributed by atoms with Gasteiger partial charge in [-0.25, -0.2) is 0 Å². The first-order valence-corrected chi connectivity index (χ1v) is 11.7. The van der Waals surface area contributed by atoms with Crippen LogP contribution in [0.5, 0.6) is 0 Å². The topological polar surface area (TPSA) is 84.5 Å². The van der Waals surface area contributed by atoms with E-state index in [0.29, 0.717) is 22.5 Å². The van der Waals surface area contributed by atoms with Crippen LogP contribution in [0.2, 0.25) is 0 Å². The fourth-order valence-corrected chi connectivity index (χ4v) is 4.84. The van der Waals surface area contributed by atoms with E-state index in [1.807, 2.05) is 42.5 Å². The summed E-state index contributed by atoms with van der Waals surface area (Å²) in [5.41, 5.74) is 1.93. The van der Waals surface area contributed by atoms with Gasteiger partial charge in [0.25, 0.3) is 11.2 Å². The maximum absolute atomic E-state index is 13.6. The molecule has 178 valence electrons. The lowest BCUT2D eigenvalue weighted by Gasteiger charge is -2.36. The predicted molar refractivity (Wildman–Crippen MR) is 138 cm³/mol. The van der Waals surface area contributed by atoms with Gasteiger partial charge in [0.2, 0.25) is 0 Å². The van der Waals surface area contributed by atoms with Crippen LogP contribution in [0.25, 0.3) is 27.7 Å². The Balaban J connectivity index is 1.68. The Hall–Kier alpha value is -4.04. The molecule has 8 heteroatoms. The first-order chi connectivity index (χ1) is 16.9. The Kier molecular flexibility index (Phi) is 6.05. The molecule has 35 heavy (non-hydrogen) atoms. The number of rotatable bonds is 5. The SMILES string of the molecule is CN(C)C1CCN(c2ccc([N+](=O)[O-])c(-n3nc(-c4ccccc4)c4ccccc4c3=O)c2)CC1. The Morgan fingerprint density at radius 3 is 2.26 bits per heavy atom. The van der Waals surface area contributed by atoms with Gasteiger partial charge in [0, 0.05) is 41.8 Å². The lowest BCUT2D eigenvalue weighted by atomic mass is 10.0. The van der Waals surface area contributed by atoms with Gasteiger partial charge in [-0.3, -0.25) is 14.9 Å². The van der Waals surface area contributed by atoms with E-state index in [2.05, 4.69) is 29.0 Å².